The van der Waals surface area contributed by atoms with Gasteiger partial charge < -0.3 is 10.4 Å². The molecule has 0 atom stereocenters. The molecule has 0 aliphatic rings. The first-order valence-electron chi connectivity index (χ1n) is 2.87. The van der Waals surface area contributed by atoms with Crippen molar-refractivity contribution in [3.8, 4) is 0 Å². The number of aliphatic hydroxyl groups is 1. The second kappa shape index (κ2) is 5.15. The van der Waals surface area contributed by atoms with Crippen LogP contribution in [0.4, 0.5) is 0 Å². The monoisotopic (exact) mass is 129 g/mol. The minimum Gasteiger partial charge on any atom is -0.516 e. The second-order valence-electron chi connectivity index (χ2n) is 1.54. The van der Waals surface area contributed by atoms with Crippen LogP contribution in [-0.4, -0.2) is 17.6 Å². The van der Waals surface area contributed by atoms with Crippen molar-refractivity contribution in [2.75, 3.05) is 6.54 Å². The molecule has 0 unspecified atom stereocenters. The minimum absolute atomic E-state index is 0.00639. The third-order valence-corrected chi connectivity index (χ3v) is 0.844. The first-order valence-corrected chi connectivity index (χ1v) is 2.87. The predicted octanol–water partition coefficient (Wildman–Crippen LogP) is 0.584. The van der Waals surface area contributed by atoms with Crippen molar-refractivity contribution in [3.63, 3.8) is 0 Å². The zero-order valence-corrected chi connectivity index (χ0v) is 5.42. The van der Waals surface area contributed by atoms with Gasteiger partial charge in [0.25, 0.3) is 0 Å². The fourth-order valence-electron chi connectivity index (χ4n) is 0.350. The fourth-order valence-corrected chi connectivity index (χ4v) is 0.350. The number of amides is 1. The zero-order valence-electron chi connectivity index (χ0n) is 5.42. The van der Waals surface area contributed by atoms with Crippen LogP contribution in [0.3, 0.4) is 0 Å². The highest BCUT2D eigenvalue weighted by Gasteiger charge is 1.90. The normalized spacial score (nSPS) is 9.89. The molecule has 52 valence electrons. The molecular weight excluding hydrogens is 118 g/mol. The van der Waals surface area contributed by atoms with Crippen molar-refractivity contribution >= 4 is 5.91 Å². The number of nitrogens with one attached hydrogen (secondary N) is 1. The summed E-state index contributed by atoms with van der Waals surface area (Å²) in [6, 6.07) is 0. The molecule has 0 radical (unpaired) electrons. The Morgan fingerprint density at radius 3 is 2.89 bits per heavy atom. The van der Waals surface area contributed by atoms with Gasteiger partial charge in [-0.1, -0.05) is 6.92 Å². The van der Waals surface area contributed by atoms with Gasteiger partial charge in [-0.05, 0) is 6.08 Å². The summed E-state index contributed by atoms with van der Waals surface area (Å²) < 4.78 is 0. The molecular formula is C6H11NO2. The summed E-state index contributed by atoms with van der Waals surface area (Å²) in [5, 5.41) is 10.7. The quantitative estimate of drug-likeness (QED) is 0.548. The van der Waals surface area contributed by atoms with Gasteiger partial charge in [0.1, 0.15) is 0 Å². The first-order chi connectivity index (χ1) is 4.31. The summed E-state index contributed by atoms with van der Waals surface area (Å²) in [6.45, 7) is 2.18. The Labute approximate surface area is 54.4 Å². The second-order valence-corrected chi connectivity index (χ2v) is 1.54. The average Bonchev–Trinajstić information content (AvgIpc) is 1.89. The fraction of sp³-hybridized carbons (Fsp3) is 0.500. The van der Waals surface area contributed by atoms with E-state index >= 15 is 0 Å². The molecule has 0 spiro atoms. The lowest BCUT2D eigenvalue weighted by molar-refractivity contribution is -0.120. The third-order valence-electron chi connectivity index (χ3n) is 0.844. The molecule has 1 amide bonds. The minimum atomic E-state index is -0.00639. The SMILES string of the molecule is CCC(=O)NCC=CO. The van der Waals surface area contributed by atoms with Gasteiger partial charge in [0.2, 0.25) is 5.91 Å². The summed E-state index contributed by atoms with van der Waals surface area (Å²) in [6.07, 6.45) is 2.86. The van der Waals surface area contributed by atoms with Gasteiger partial charge in [0, 0.05) is 13.0 Å². The Bertz CT molecular complexity index is 110. The maximum absolute atomic E-state index is 10.5. The molecule has 9 heavy (non-hydrogen) atoms. The topological polar surface area (TPSA) is 49.3 Å². The van der Waals surface area contributed by atoms with Crippen molar-refractivity contribution in [1.82, 2.24) is 5.32 Å². The van der Waals surface area contributed by atoms with Crippen molar-refractivity contribution in [2.24, 2.45) is 0 Å². The summed E-state index contributed by atoms with van der Waals surface area (Å²) in [5.41, 5.74) is 0. The lowest BCUT2D eigenvalue weighted by Crippen LogP contribution is -2.21. The zero-order chi connectivity index (χ0) is 7.11. The van der Waals surface area contributed by atoms with E-state index in [9.17, 15) is 4.79 Å². The molecule has 0 aromatic heterocycles. The molecule has 0 rings (SSSR count). The van der Waals surface area contributed by atoms with Gasteiger partial charge in [0.05, 0.1) is 6.26 Å². The van der Waals surface area contributed by atoms with Crippen LogP contribution in [0, 0.1) is 0 Å². The summed E-state index contributed by atoms with van der Waals surface area (Å²) >= 11 is 0. The molecule has 0 aliphatic heterocycles. The highest BCUT2D eigenvalue weighted by molar-refractivity contribution is 5.75. The third kappa shape index (κ3) is 4.87. The van der Waals surface area contributed by atoms with Gasteiger partial charge in [-0.2, -0.15) is 0 Å². The van der Waals surface area contributed by atoms with E-state index in [1.54, 1.807) is 6.92 Å². The van der Waals surface area contributed by atoms with Crippen LogP contribution in [0.15, 0.2) is 12.3 Å². The van der Waals surface area contributed by atoms with Crippen LogP contribution in [0.5, 0.6) is 0 Å². The molecule has 0 fully saturated rings. The number of hydrogen-bond acceptors (Lipinski definition) is 2. The maximum atomic E-state index is 10.5. The molecule has 3 nitrogen and oxygen atoms in total. The van der Waals surface area contributed by atoms with Crippen LogP contribution >= 0.6 is 0 Å². The molecule has 0 saturated heterocycles. The molecule has 0 heterocycles. The Morgan fingerprint density at radius 1 is 1.78 bits per heavy atom. The smallest absolute Gasteiger partial charge is 0.219 e. The lowest BCUT2D eigenvalue weighted by Gasteiger charge is -1.95. The van der Waals surface area contributed by atoms with E-state index in [0.29, 0.717) is 13.0 Å². The lowest BCUT2D eigenvalue weighted by atomic mass is 10.4. The first kappa shape index (κ1) is 8.01. The van der Waals surface area contributed by atoms with Gasteiger partial charge in [-0.25, -0.2) is 0 Å². The number of carbonyl (C=O) groups excluding carboxylic acids is 1. The highest BCUT2D eigenvalue weighted by Crippen LogP contribution is 1.73. The van der Waals surface area contributed by atoms with Crippen molar-refractivity contribution < 1.29 is 9.90 Å². The van der Waals surface area contributed by atoms with E-state index in [2.05, 4.69) is 5.32 Å². The van der Waals surface area contributed by atoms with E-state index < -0.39 is 0 Å². The van der Waals surface area contributed by atoms with Crippen molar-refractivity contribution in [2.45, 2.75) is 13.3 Å². The van der Waals surface area contributed by atoms with Gasteiger partial charge >= 0.3 is 0 Å². The Balaban J connectivity index is 3.17. The number of hydrogen-bond donors (Lipinski definition) is 2. The number of carbonyl (C=O) groups is 1. The molecule has 3 heteroatoms. The van der Waals surface area contributed by atoms with Gasteiger partial charge in [-0.15, -0.1) is 0 Å². The standard InChI is InChI=1S/C6H11NO2/c1-2-6(9)7-4-3-5-8/h3,5,8H,2,4H2,1H3,(H,7,9). The Kier molecular flexibility index (Phi) is 4.59. The van der Waals surface area contributed by atoms with Crippen LogP contribution in [0.25, 0.3) is 0 Å². The Hall–Kier alpha value is -0.990. The largest absolute Gasteiger partial charge is 0.516 e. The van der Waals surface area contributed by atoms with Gasteiger partial charge in [-0.3, -0.25) is 4.79 Å². The summed E-state index contributed by atoms with van der Waals surface area (Å²) in [7, 11) is 0. The summed E-state index contributed by atoms with van der Waals surface area (Å²) in [5.74, 6) is -0.00639. The van der Waals surface area contributed by atoms with Crippen LogP contribution < -0.4 is 5.32 Å². The molecule has 0 aromatic rings. The molecule has 2 N–H and O–H groups in total. The Morgan fingerprint density at radius 2 is 2.44 bits per heavy atom. The van der Waals surface area contributed by atoms with Crippen LogP contribution in [0.2, 0.25) is 0 Å². The number of rotatable bonds is 3. The average molecular weight is 129 g/mol. The molecule has 0 aromatic carbocycles. The van der Waals surface area contributed by atoms with Gasteiger partial charge in [0.15, 0.2) is 0 Å². The van der Waals surface area contributed by atoms with E-state index in [-0.39, 0.29) is 5.91 Å². The molecule has 0 bridgehead atoms. The maximum Gasteiger partial charge on any atom is 0.219 e. The van der Waals surface area contributed by atoms with E-state index in [0.717, 1.165) is 6.26 Å². The van der Waals surface area contributed by atoms with Crippen LogP contribution in [0.1, 0.15) is 13.3 Å². The van der Waals surface area contributed by atoms with Crippen molar-refractivity contribution in [1.29, 1.82) is 0 Å². The van der Waals surface area contributed by atoms with Crippen LogP contribution in [-0.2, 0) is 4.79 Å². The summed E-state index contributed by atoms with van der Waals surface area (Å²) in [4.78, 5) is 10.5. The number of aliphatic hydroxyl groups excluding tert-OH is 1. The van der Waals surface area contributed by atoms with E-state index in [4.69, 9.17) is 5.11 Å². The van der Waals surface area contributed by atoms with E-state index in [1.807, 2.05) is 0 Å². The molecule has 0 aliphatic carbocycles. The van der Waals surface area contributed by atoms with E-state index in [1.165, 1.54) is 6.08 Å². The predicted molar refractivity (Wildman–Crippen MR) is 35.1 cm³/mol. The highest BCUT2D eigenvalue weighted by atomic mass is 16.2. The van der Waals surface area contributed by atoms with Crippen molar-refractivity contribution in [3.05, 3.63) is 12.3 Å². The molecule has 0 saturated carbocycles.